The smallest absolute Gasteiger partial charge is 0.0954 e. The Labute approximate surface area is 94.6 Å². The van der Waals surface area contributed by atoms with E-state index >= 15 is 0 Å². The van der Waals surface area contributed by atoms with Gasteiger partial charge in [-0.25, -0.2) is 8.42 Å². The van der Waals surface area contributed by atoms with E-state index < -0.39 is 10.1 Å². The van der Waals surface area contributed by atoms with Crippen LogP contribution in [0.4, 0.5) is 0 Å². The second kappa shape index (κ2) is 5.53. The van der Waals surface area contributed by atoms with Crippen LogP contribution in [0.3, 0.4) is 0 Å². The molecular weight excluding hydrogens is 232 g/mol. The van der Waals surface area contributed by atoms with Crippen molar-refractivity contribution in [1.82, 2.24) is 0 Å². The molecule has 0 aromatic heterocycles. The lowest BCUT2D eigenvalue weighted by atomic mass is 10.2. The summed E-state index contributed by atoms with van der Waals surface area (Å²) in [5.41, 5.74) is 2.35. The van der Waals surface area contributed by atoms with E-state index in [1.807, 2.05) is 31.2 Å². The van der Waals surface area contributed by atoms with Crippen LogP contribution in [0.25, 0.3) is 0 Å². The van der Waals surface area contributed by atoms with Crippen molar-refractivity contribution in [2.24, 2.45) is 0 Å². The fourth-order valence-electron chi connectivity index (χ4n) is 1.04. The van der Waals surface area contributed by atoms with Gasteiger partial charge in [-0.2, -0.15) is 11.8 Å². The van der Waals surface area contributed by atoms with Crippen LogP contribution < -0.4 is 0 Å². The van der Waals surface area contributed by atoms with Gasteiger partial charge >= 0.3 is 0 Å². The molecule has 15 heavy (non-hydrogen) atoms. The van der Waals surface area contributed by atoms with Crippen molar-refractivity contribution < 1.29 is 13.0 Å². The van der Waals surface area contributed by atoms with E-state index in [0.717, 1.165) is 11.3 Å². The molecule has 0 heterocycles. The van der Waals surface area contributed by atoms with Gasteiger partial charge in [0.1, 0.15) is 0 Å². The largest absolute Gasteiger partial charge is 0.748 e. The van der Waals surface area contributed by atoms with Crippen LogP contribution in [0.15, 0.2) is 24.3 Å². The number of rotatable bonds is 5. The molecule has 84 valence electrons. The Morgan fingerprint density at radius 2 is 1.87 bits per heavy atom. The third-order valence-corrected chi connectivity index (χ3v) is 3.86. The van der Waals surface area contributed by atoms with Crippen LogP contribution >= 0.6 is 11.8 Å². The molecular formula is C10H13O3S2-. The second-order valence-electron chi connectivity index (χ2n) is 3.30. The third-order valence-electron chi connectivity index (χ3n) is 1.87. The van der Waals surface area contributed by atoms with Crippen LogP contribution in [0.2, 0.25) is 0 Å². The summed E-state index contributed by atoms with van der Waals surface area (Å²) in [6.45, 7) is 2.01. The average molecular weight is 245 g/mol. The van der Waals surface area contributed by atoms with Crippen LogP contribution in [0, 0.1) is 6.92 Å². The van der Waals surface area contributed by atoms with Gasteiger partial charge in [0, 0.05) is 17.3 Å². The van der Waals surface area contributed by atoms with Crippen molar-refractivity contribution in [2.75, 3.05) is 11.5 Å². The Hall–Kier alpha value is -0.520. The molecule has 0 unspecified atom stereocenters. The van der Waals surface area contributed by atoms with Gasteiger partial charge in [0.15, 0.2) is 0 Å². The zero-order valence-corrected chi connectivity index (χ0v) is 10.1. The highest BCUT2D eigenvalue weighted by molar-refractivity contribution is 7.99. The van der Waals surface area contributed by atoms with E-state index in [9.17, 15) is 13.0 Å². The first-order valence-electron chi connectivity index (χ1n) is 4.54. The first kappa shape index (κ1) is 12.5. The topological polar surface area (TPSA) is 57.2 Å². The third kappa shape index (κ3) is 5.81. The summed E-state index contributed by atoms with van der Waals surface area (Å²) in [7, 11) is -4.06. The standard InChI is InChI=1S/C10H14O3S2/c1-9-2-4-10(5-3-9)8-14-6-7-15(11,12)13/h2-5H,6-8H2,1H3,(H,11,12,13)/p-1. The predicted octanol–water partition coefficient (Wildman–Crippen LogP) is 1.77. The molecule has 0 fully saturated rings. The molecule has 0 amide bonds. The molecule has 0 saturated carbocycles. The SMILES string of the molecule is Cc1ccc(CSCCS(=O)(=O)[O-])cc1. The molecule has 0 spiro atoms. The highest BCUT2D eigenvalue weighted by atomic mass is 32.2. The highest BCUT2D eigenvalue weighted by Gasteiger charge is 1.97. The van der Waals surface area contributed by atoms with E-state index in [4.69, 9.17) is 0 Å². The molecule has 5 heteroatoms. The summed E-state index contributed by atoms with van der Waals surface area (Å²) in [4.78, 5) is 0. The number of benzene rings is 1. The van der Waals surface area contributed by atoms with E-state index in [0.29, 0.717) is 5.75 Å². The number of aryl methyl sites for hydroxylation is 1. The molecule has 1 aromatic rings. The lowest BCUT2D eigenvalue weighted by Gasteiger charge is -2.06. The highest BCUT2D eigenvalue weighted by Crippen LogP contribution is 2.12. The molecule has 0 radical (unpaired) electrons. The minimum Gasteiger partial charge on any atom is -0.748 e. The van der Waals surface area contributed by atoms with Crippen molar-refractivity contribution in [2.45, 2.75) is 12.7 Å². The van der Waals surface area contributed by atoms with Gasteiger partial charge in [-0.05, 0) is 12.5 Å². The molecule has 0 N–H and O–H groups in total. The first-order valence-corrected chi connectivity index (χ1v) is 7.27. The molecule has 0 aliphatic rings. The van der Waals surface area contributed by atoms with Crippen molar-refractivity contribution in [3.8, 4) is 0 Å². The lowest BCUT2D eigenvalue weighted by molar-refractivity contribution is 0.465. The molecule has 0 saturated heterocycles. The summed E-state index contributed by atoms with van der Waals surface area (Å²) in [6, 6.07) is 8.04. The van der Waals surface area contributed by atoms with Gasteiger partial charge in [0.25, 0.3) is 0 Å². The molecule has 0 aliphatic carbocycles. The summed E-state index contributed by atoms with van der Waals surface area (Å²) < 4.78 is 31.0. The maximum absolute atomic E-state index is 10.3. The van der Waals surface area contributed by atoms with Gasteiger partial charge in [0.2, 0.25) is 0 Å². The Kier molecular flexibility index (Phi) is 4.63. The Morgan fingerprint density at radius 3 is 2.40 bits per heavy atom. The van der Waals surface area contributed by atoms with Crippen molar-refractivity contribution in [3.63, 3.8) is 0 Å². The van der Waals surface area contributed by atoms with Gasteiger partial charge in [0.05, 0.1) is 10.1 Å². The molecule has 0 atom stereocenters. The Bertz CT molecular complexity index is 395. The quantitative estimate of drug-likeness (QED) is 0.586. The van der Waals surface area contributed by atoms with E-state index in [2.05, 4.69) is 0 Å². The predicted molar refractivity (Wildman–Crippen MR) is 61.9 cm³/mol. The zero-order valence-electron chi connectivity index (χ0n) is 8.47. The van der Waals surface area contributed by atoms with E-state index in [1.54, 1.807) is 0 Å². The van der Waals surface area contributed by atoms with Crippen LogP contribution in [0.1, 0.15) is 11.1 Å². The van der Waals surface area contributed by atoms with Gasteiger partial charge in [-0.15, -0.1) is 0 Å². The zero-order chi connectivity index (χ0) is 11.3. The molecule has 3 nitrogen and oxygen atoms in total. The number of hydrogen-bond acceptors (Lipinski definition) is 4. The Balaban J connectivity index is 2.29. The number of thioether (sulfide) groups is 1. The Morgan fingerprint density at radius 1 is 1.27 bits per heavy atom. The maximum Gasteiger partial charge on any atom is 0.0954 e. The summed E-state index contributed by atoms with van der Waals surface area (Å²) in [5, 5.41) is 0. The van der Waals surface area contributed by atoms with Crippen molar-refractivity contribution in [1.29, 1.82) is 0 Å². The minimum atomic E-state index is -4.06. The lowest BCUT2D eigenvalue weighted by Crippen LogP contribution is -2.06. The number of hydrogen-bond donors (Lipinski definition) is 0. The van der Waals surface area contributed by atoms with Gasteiger partial charge < -0.3 is 4.55 Å². The average Bonchev–Trinajstić information content (AvgIpc) is 2.14. The summed E-state index contributed by atoms with van der Waals surface area (Å²) in [5.74, 6) is 0.818. The van der Waals surface area contributed by atoms with Gasteiger partial charge in [-0.3, -0.25) is 0 Å². The van der Waals surface area contributed by atoms with Crippen LogP contribution in [-0.4, -0.2) is 24.5 Å². The second-order valence-corrected chi connectivity index (χ2v) is 5.93. The van der Waals surface area contributed by atoms with Crippen LogP contribution in [0.5, 0.6) is 0 Å². The normalized spacial score (nSPS) is 11.6. The molecule has 0 aliphatic heterocycles. The van der Waals surface area contributed by atoms with Gasteiger partial charge in [-0.1, -0.05) is 29.8 Å². The van der Waals surface area contributed by atoms with E-state index in [-0.39, 0.29) is 5.75 Å². The fourth-order valence-corrected chi connectivity index (χ4v) is 2.90. The molecule has 1 rings (SSSR count). The van der Waals surface area contributed by atoms with E-state index in [1.165, 1.54) is 17.3 Å². The van der Waals surface area contributed by atoms with Crippen molar-refractivity contribution in [3.05, 3.63) is 35.4 Å². The maximum atomic E-state index is 10.3. The summed E-state index contributed by atoms with van der Waals surface area (Å²) in [6.07, 6.45) is 0. The molecule has 1 aromatic carbocycles. The van der Waals surface area contributed by atoms with Crippen molar-refractivity contribution >= 4 is 21.9 Å². The monoisotopic (exact) mass is 245 g/mol. The first-order chi connectivity index (χ1) is 6.97. The minimum absolute atomic E-state index is 0.288. The summed E-state index contributed by atoms with van der Waals surface area (Å²) >= 11 is 1.46. The molecule has 0 bridgehead atoms. The van der Waals surface area contributed by atoms with Crippen LogP contribution in [-0.2, 0) is 15.9 Å². The fraction of sp³-hybridized carbons (Fsp3) is 0.400.